The van der Waals surface area contributed by atoms with Gasteiger partial charge in [0, 0.05) is 31.4 Å². The number of nitrogens with zero attached hydrogens (tertiary/aromatic N) is 2. The smallest absolute Gasteiger partial charge is 0.225 e. The summed E-state index contributed by atoms with van der Waals surface area (Å²) in [7, 11) is 0. The van der Waals surface area contributed by atoms with Gasteiger partial charge in [-0.15, -0.1) is 11.3 Å². The Bertz CT molecular complexity index is 914. The van der Waals surface area contributed by atoms with Gasteiger partial charge in [-0.1, -0.05) is 67.6 Å². The van der Waals surface area contributed by atoms with Crippen molar-refractivity contribution >= 4 is 22.4 Å². The third-order valence-electron chi connectivity index (χ3n) is 5.57. The highest BCUT2D eigenvalue weighted by molar-refractivity contribution is 7.13. The molecule has 1 amide bonds. The molecule has 0 unspecified atom stereocenters. The fourth-order valence-corrected chi connectivity index (χ4v) is 4.59. The second-order valence-corrected chi connectivity index (χ2v) is 8.72. The number of amides is 1. The molecule has 162 valence electrons. The maximum absolute atomic E-state index is 11.5. The molecule has 0 saturated carbocycles. The number of hydrogen-bond donors (Lipinski definition) is 1. The lowest BCUT2D eigenvalue weighted by atomic mass is 10.00. The number of carbonyl (C=O) groups excluding carboxylic acids is 1. The van der Waals surface area contributed by atoms with Crippen molar-refractivity contribution in [3.05, 3.63) is 82.9 Å². The van der Waals surface area contributed by atoms with E-state index in [0.29, 0.717) is 11.6 Å². The Balaban J connectivity index is 1.33. The first-order chi connectivity index (χ1) is 15.2. The summed E-state index contributed by atoms with van der Waals surface area (Å²) in [4.78, 5) is 18.5. The molecule has 1 N–H and O–H groups in total. The number of ether oxygens (including phenoxy) is 1. The number of carbonyl (C=O) groups is 1. The van der Waals surface area contributed by atoms with Gasteiger partial charge < -0.3 is 10.1 Å². The first-order valence-corrected chi connectivity index (χ1v) is 11.8. The number of nitrogens with one attached hydrogen (secondary N) is 1. The van der Waals surface area contributed by atoms with Gasteiger partial charge in [0.05, 0.1) is 11.8 Å². The van der Waals surface area contributed by atoms with Crippen LogP contribution in [0.15, 0.2) is 66.0 Å². The number of thiazole rings is 1. The summed E-state index contributed by atoms with van der Waals surface area (Å²) in [5, 5.41) is 5.56. The van der Waals surface area contributed by atoms with Crippen molar-refractivity contribution in [1.29, 1.82) is 0 Å². The number of rotatable bonds is 8. The maximum atomic E-state index is 11.5. The van der Waals surface area contributed by atoms with Crippen molar-refractivity contribution in [2.75, 3.05) is 18.4 Å². The van der Waals surface area contributed by atoms with E-state index >= 15 is 0 Å². The van der Waals surface area contributed by atoms with Crippen LogP contribution in [0.5, 0.6) is 0 Å². The number of anilines is 1. The van der Waals surface area contributed by atoms with Crippen molar-refractivity contribution < 1.29 is 9.53 Å². The highest BCUT2D eigenvalue weighted by Gasteiger charge is 2.25. The Kier molecular flexibility index (Phi) is 7.46. The summed E-state index contributed by atoms with van der Waals surface area (Å²) in [6.45, 7) is 4.62. The summed E-state index contributed by atoms with van der Waals surface area (Å²) in [6.07, 6.45) is 2.66. The predicted octanol–water partition coefficient (Wildman–Crippen LogP) is 5.26. The van der Waals surface area contributed by atoms with Crippen LogP contribution >= 0.6 is 11.3 Å². The van der Waals surface area contributed by atoms with Gasteiger partial charge in [-0.3, -0.25) is 9.69 Å². The van der Waals surface area contributed by atoms with E-state index in [9.17, 15) is 4.79 Å². The van der Waals surface area contributed by atoms with Crippen LogP contribution in [0.1, 0.15) is 49.1 Å². The van der Waals surface area contributed by atoms with Crippen LogP contribution in [0, 0.1) is 0 Å². The van der Waals surface area contributed by atoms with Gasteiger partial charge in [0.1, 0.15) is 6.10 Å². The Labute approximate surface area is 188 Å². The lowest BCUT2D eigenvalue weighted by Crippen LogP contribution is -2.37. The fourth-order valence-electron chi connectivity index (χ4n) is 3.87. The van der Waals surface area contributed by atoms with Gasteiger partial charge in [-0.25, -0.2) is 4.98 Å². The average Bonchev–Trinajstić information content (AvgIpc) is 3.26. The minimum Gasteiger partial charge on any atom is -0.365 e. The summed E-state index contributed by atoms with van der Waals surface area (Å²) in [6, 6.07) is 20.9. The fraction of sp³-hybridized carbons (Fsp3) is 0.360. The third-order valence-corrected chi connectivity index (χ3v) is 6.38. The molecule has 1 aliphatic rings. The molecule has 2 aromatic carbocycles. The number of piperidine rings is 1. The molecule has 1 saturated heterocycles. The number of aromatic nitrogens is 1. The molecule has 1 fully saturated rings. The van der Waals surface area contributed by atoms with E-state index in [4.69, 9.17) is 4.74 Å². The van der Waals surface area contributed by atoms with E-state index in [1.54, 1.807) is 0 Å². The molecule has 0 bridgehead atoms. The Morgan fingerprint density at radius 1 is 1.10 bits per heavy atom. The van der Waals surface area contributed by atoms with Crippen LogP contribution in [-0.2, 0) is 16.1 Å². The largest absolute Gasteiger partial charge is 0.365 e. The molecule has 31 heavy (non-hydrogen) atoms. The van der Waals surface area contributed by atoms with Gasteiger partial charge in [-0.2, -0.15) is 0 Å². The molecule has 0 atom stereocenters. The number of likely N-dealkylation sites (tertiary alicyclic amines) is 1. The zero-order valence-electron chi connectivity index (χ0n) is 17.9. The highest BCUT2D eigenvalue weighted by Crippen LogP contribution is 2.30. The zero-order valence-corrected chi connectivity index (χ0v) is 18.7. The maximum Gasteiger partial charge on any atom is 0.225 e. The molecule has 6 heteroatoms. The molecule has 2 heterocycles. The average molecular weight is 436 g/mol. The predicted molar refractivity (Wildman–Crippen MR) is 125 cm³/mol. The summed E-state index contributed by atoms with van der Waals surface area (Å²) < 4.78 is 6.63. The molecular formula is C25H29N3O2S. The van der Waals surface area contributed by atoms with Crippen molar-refractivity contribution in [3.8, 4) is 0 Å². The van der Waals surface area contributed by atoms with E-state index in [-0.39, 0.29) is 18.1 Å². The second kappa shape index (κ2) is 10.7. The summed E-state index contributed by atoms with van der Waals surface area (Å²) in [5.41, 5.74) is 3.41. The van der Waals surface area contributed by atoms with E-state index in [2.05, 4.69) is 63.7 Å². The minimum atomic E-state index is -0.0396. The van der Waals surface area contributed by atoms with Crippen molar-refractivity contribution in [2.24, 2.45) is 0 Å². The van der Waals surface area contributed by atoms with Crippen LogP contribution in [0.3, 0.4) is 0 Å². The lowest BCUT2D eigenvalue weighted by molar-refractivity contribution is -0.115. The van der Waals surface area contributed by atoms with Gasteiger partial charge in [0.2, 0.25) is 5.91 Å². The molecule has 5 nitrogen and oxygen atoms in total. The first-order valence-electron chi connectivity index (χ1n) is 10.9. The zero-order chi connectivity index (χ0) is 21.5. The van der Waals surface area contributed by atoms with E-state index in [1.165, 1.54) is 22.5 Å². The van der Waals surface area contributed by atoms with E-state index < -0.39 is 0 Å². The van der Waals surface area contributed by atoms with Crippen molar-refractivity contribution in [2.45, 2.75) is 44.9 Å². The van der Waals surface area contributed by atoms with Crippen LogP contribution in [0.2, 0.25) is 0 Å². The first kappa shape index (κ1) is 21.7. The highest BCUT2D eigenvalue weighted by atomic mass is 32.1. The van der Waals surface area contributed by atoms with Gasteiger partial charge >= 0.3 is 0 Å². The van der Waals surface area contributed by atoms with Crippen LogP contribution in [0.25, 0.3) is 0 Å². The van der Waals surface area contributed by atoms with Gasteiger partial charge in [0.15, 0.2) is 5.13 Å². The van der Waals surface area contributed by atoms with Gasteiger partial charge in [-0.05, 0) is 24.0 Å². The molecule has 4 rings (SSSR count). The molecule has 0 aliphatic carbocycles. The second-order valence-electron chi connectivity index (χ2n) is 7.86. The number of benzene rings is 2. The van der Waals surface area contributed by atoms with Crippen molar-refractivity contribution in [3.63, 3.8) is 0 Å². The Morgan fingerprint density at radius 3 is 2.29 bits per heavy atom. The van der Waals surface area contributed by atoms with Crippen LogP contribution in [0.4, 0.5) is 5.13 Å². The normalized spacial score (nSPS) is 15.3. The monoisotopic (exact) mass is 435 g/mol. The Hall–Kier alpha value is -2.54. The van der Waals surface area contributed by atoms with Crippen LogP contribution in [-0.4, -0.2) is 35.0 Å². The molecule has 3 aromatic rings. The lowest BCUT2D eigenvalue weighted by Gasteiger charge is -2.34. The Morgan fingerprint density at radius 2 is 1.71 bits per heavy atom. The van der Waals surface area contributed by atoms with Crippen LogP contribution < -0.4 is 5.32 Å². The molecular weight excluding hydrogens is 406 g/mol. The number of hydrogen-bond acceptors (Lipinski definition) is 5. The SMILES string of the molecule is CCC(=O)Nc1nc(CN2CCC(OC(c3ccccc3)c3ccccc3)CC2)cs1. The quantitative estimate of drug-likeness (QED) is 0.524. The third kappa shape index (κ3) is 6.00. The standard InChI is InChI=1S/C25H29N3O2S/c1-2-23(29)27-25-26-21(18-31-25)17-28-15-13-22(14-16-28)30-24(19-9-5-3-6-10-19)20-11-7-4-8-12-20/h3-12,18,22,24H,2,13-17H2,1H3,(H,26,27,29). The van der Waals surface area contributed by atoms with Gasteiger partial charge in [0.25, 0.3) is 0 Å². The molecule has 0 radical (unpaired) electrons. The topological polar surface area (TPSA) is 54.5 Å². The molecule has 1 aliphatic heterocycles. The van der Waals surface area contributed by atoms with E-state index in [1.807, 2.05) is 24.4 Å². The summed E-state index contributed by atoms with van der Waals surface area (Å²) in [5.74, 6) is 0.00486. The summed E-state index contributed by atoms with van der Waals surface area (Å²) >= 11 is 1.49. The molecule has 1 aromatic heterocycles. The molecule has 0 spiro atoms. The van der Waals surface area contributed by atoms with E-state index in [0.717, 1.165) is 38.2 Å². The minimum absolute atomic E-state index is 0.00486. The van der Waals surface area contributed by atoms with Crippen molar-refractivity contribution in [1.82, 2.24) is 9.88 Å².